The highest BCUT2D eigenvalue weighted by Gasteiger charge is 2.41. The van der Waals surface area contributed by atoms with E-state index in [9.17, 15) is 19.1 Å². The van der Waals surface area contributed by atoms with Gasteiger partial charge in [0.05, 0.1) is 0 Å². The quantitative estimate of drug-likeness (QED) is 0.896. The molecule has 6 heteroatoms. The molecule has 0 radical (unpaired) electrons. The minimum absolute atomic E-state index is 0.0975. The molecule has 3 rings (SSSR count). The molecule has 1 aromatic rings. The molecular weight excluding hydrogens is 311 g/mol. The lowest BCUT2D eigenvalue weighted by Gasteiger charge is -2.46. The summed E-state index contributed by atoms with van der Waals surface area (Å²) >= 11 is 0. The minimum Gasteiger partial charge on any atom is -0.378 e. The zero-order chi connectivity index (χ0) is 17.3. The summed E-state index contributed by atoms with van der Waals surface area (Å²) in [4.78, 5) is 27.6. The number of aliphatic hydroxyl groups excluding tert-OH is 1. The molecule has 5 nitrogen and oxygen atoms in total. The van der Waals surface area contributed by atoms with E-state index in [0.717, 1.165) is 25.8 Å². The van der Waals surface area contributed by atoms with Crippen LogP contribution >= 0.6 is 0 Å². The number of benzene rings is 1. The molecule has 1 atom stereocenters. The van der Waals surface area contributed by atoms with Crippen LogP contribution in [0.25, 0.3) is 0 Å². The van der Waals surface area contributed by atoms with Crippen LogP contribution in [-0.2, 0) is 9.59 Å². The number of aliphatic hydroxyl groups is 1. The first kappa shape index (κ1) is 16.9. The highest BCUT2D eigenvalue weighted by atomic mass is 19.1. The Kier molecular flexibility index (Phi) is 4.58. The SMILES string of the molecule is CN1CC2(CCC1=O)CCN(C(=O)[C@@H](O)c1ccc(F)cc1)CC2. The van der Waals surface area contributed by atoms with E-state index < -0.39 is 11.9 Å². The Morgan fingerprint density at radius 2 is 1.83 bits per heavy atom. The summed E-state index contributed by atoms with van der Waals surface area (Å²) < 4.78 is 13.0. The van der Waals surface area contributed by atoms with E-state index in [2.05, 4.69) is 0 Å². The van der Waals surface area contributed by atoms with Crippen molar-refractivity contribution in [1.29, 1.82) is 0 Å². The highest BCUT2D eigenvalue weighted by Crippen LogP contribution is 2.40. The second kappa shape index (κ2) is 6.51. The zero-order valence-corrected chi connectivity index (χ0v) is 13.9. The van der Waals surface area contributed by atoms with Gasteiger partial charge in [-0.2, -0.15) is 0 Å². The molecule has 2 fully saturated rings. The molecule has 2 aliphatic rings. The van der Waals surface area contributed by atoms with Crippen molar-refractivity contribution in [3.8, 4) is 0 Å². The van der Waals surface area contributed by atoms with Gasteiger partial charge in [0.25, 0.3) is 5.91 Å². The predicted molar refractivity (Wildman–Crippen MR) is 86.5 cm³/mol. The van der Waals surface area contributed by atoms with Crippen molar-refractivity contribution in [3.05, 3.63) is 35.6 Å². The molecule has 2 heterocycles. The van der Waals surface area contributed by atoms with Gasteiger partial charge in [0.15, 0.2) is 6.10 Å². The summed E-state index contributed by atoms with van der Waals surface area (Å²) in [6.07, 6.45) is 1.87. The number of carbonyl (C=O) groups excluding carboxylic acids is 2. The number of likely N-dealkylation sites (tertiary alicyclic amines) is 2. The Bertz CT molecular complexity index is 624. The minimum atomic E-state index is -1.25. The van der Waals surface area contributed by atoms with Crippen molar-refractivity contribution < 1.29 is 19.1 Å². The summed E-state index contributed by atoms with van der Waals surface area (Å²) in [6.45, 7) is 1.91. The van der Waals surface area contributed by atoms with Crippen LogP contribution in [0.3, 0.4) is 0 Å². The van der Waals surface area contributed by atoms with Crippen molar-refractivity contribution in [2.75, 3.05) is 26.7 Å². The molecule has 0 unspecified atom stereocenters. The van der Waals surface area contributed by atoms with E-state index in [0.29, 0.717) is 25.1 Å². The Hall–Kier alpha value is -1.95. The number of rotatable bonds is 2. The maximum Gasteiger partial charge on any atom is 0.256 e. The topological polar surface area (TPSA) is 60.9 Å². The lowest BCUT2D eigenvalue weighted by molar-refractivity contribution is -0.146. The third kappa shape index (κ3) is 3.29. The van der Waals surface area contributed by atoms with Gasteiger partial charge in [0.1, 0.15) is 5.82 Å². The van der Waals surface area contributed by atoms with Gasteiger partial charge < -0.3 is 14.9 Å². The van der Waals surface area contributed by atoms with Gasteiger partial charge >= 0.3 is 0 Å². The molecule has 1 aromatic carbocycles. The average Bonchev–Trinajstić information content (AvgIpc) is 2.59. The van der Waals surface area contributed by atoms with Gasteiger partial charge in [-0.05, 0) is 42.4 Å². The number of nitrogens with zero attached hydrogens (tertiary/aromatic N) is 2. The lowest BCUT2D eigenvalue weighted by Crippen LogP contribution is -2.51. The van der Waals surface area contributed by atoms with E-state index in [4.69, 9.17) is 0 Å². The summed E-state index contributed by atoms with van der Waals surface area (Å²) in [5.74, 6) is -0.545. The molecule has 0 aliphatic carbocycles. The van der Waals surface area contributed by atoms with Crippen LogP contribution in [-0.4, -0.2) is 53.4 Å². The van der Waals surface area contributed by atoms with Crippen LogP contribution in [0.1, 0.15) is 37.4 Å². The van der Waals surface area contributed by atoms with Gasteiger partial charge in [-0.15, -0.1) is 0 Å². The monoisotopic (exact) mass is 334 g/mol. The van der Waals surface area contributed by atoms with Crippen molar-refractivity contribution in [2.24, 2.45) is 5.41 Å². The van der Waals surface area contributed by atoms with Crippen LogP contribution in [0.4, 0.5) is 4.39 Å². The van der Waals surface area contributed by atoms with E-state index in [1.807, 2.05) is 7.05 Å². The summed E-state index contributed by atoms with van der Waals surface area (Å²) in [5.41, 5.74) is 0.505. The first-order valence-electron chi connectivity index (χ1n) is 8.37. The molecule has 0 bridgehead atoms. The van der Waals surface area contributed by atoms with Crippen LogP contribution in [0.2, 0.25) is 0 Å². The maximum atomic E-state index is 13.0. The Morgan fingerprint density at radius 3 is 2.42 bits per heavy atom. The van der Waals surface area contributed by atoms with E-state index >= 15 is 0 Å². The number of halogens is 1. The predicted octanol–water partition coefficient (Wildman–Crippen LogP) is 1.72. The Labute approximate surface area is 141 Å². The maximum absolute atomic E-state index is 13.0. The number of piperidine rings is 2. The number of hydrogen-bond acceptors (Lipinski definition) is 3. The molecule has 2 saturated heterocycles. The molecule has 1 spiro atoms. The first-order chi connectivity index (χ1) is 11.4. The summed E-state index contributed by atoms with van der Waals surface area (Å²) in [7, 11) is 1.83. The number of amides is 2. The Morgan fingerprint density at radius 1 is 1.21 bits per heavy atom. The normalized spacial score (nSPS) is 21.9. The summed E-state index contributed by atoms with van der Waals surface area (Å²) in [5, 5.41) is 10.2. The van der Waals surface area contributed by atoms with Crippen molar-refractivity contribution in [1.82, 2.24) is 9.80 Å². The van der Waals surface area contributed by atoms with E-state index in [1.54, 1.807) is 9.80 Å². The summed E-state index contributed by atoms with van der Waals surface area (Å²) in [6, 6.07) is 5.36. The second-order valence-corrected chi connectivity index (χ2v) is 7.03. The van der Waals surface area contributed by atoms with E-state index in [-0.39, 0.29) is 17.2 Å². The average molecular weight is 334 g/mol. The smallest absolute Gasteiger partial charge is 0.256 e. The van der Waals surface area contributed by atoms with Crippen molar-refractivity contribution >= 4 is 11.8 Å². The number of carbonyl (C=O) groups is 2. The van der Waals surface area contributed by atoms with Crippen LogP contribution < -0.4 is 0 Å². The molecule has 1 N–H and O–H groups in total. The molecule has 0 saturated carbocycles. The fourth-order valence-corrected chi connectivity index (χ4v) is 3.80. The second-order valence-electron chi connectivity index (χ2n) is 7.03. The van der Waals surface area contributed by atoms with Gasteiger partial charge in [-0.25, -0.2) is 4.39 Å². The van der Waals surface area contributed by atoms with Gasteiger partial charge in [0, 0.05) is 33.1 Å². The van der Waals surface area contributed by atoms with Gasteiger partial charge in [-0.3, -0.25) is 9.59 Å². The molecule has 0 aromatic heterocycles. The van der Waals surface area contributed by atoms with Crippen LogP contribution in [0, 0.1) is 11.2 Å². The third-order valence-electron chi connectivity index (χ3n) is 5.42. The fraction of sp³-hybridized carbons (Fsp3) is 0.556. The Balaban J connectivity index is 1.61. The first-order valence-corrected chi connectivity index (χ1v) is 8.37. The van der Waals surface area contributed by atoms with Gasteiger partial charge in [-0.1, -0.05) is 12.1 Å². The van der Waals surface area contributed by atoms with Gasteiger partial charge in [0.2, 0.25) is 5.91 Å². The molecule has 130 valence electrons. The lowest BCUT2D eigenvalue weighted by atomic mass is 9.72. The molecule has 24 heavy (non-hydrogen) atoms. The molecule has 2 amide bonds. The highest BCUT2D eigenvalue weighted by molar-refractivity contribution is 5.82. The zero-order valence-electron chi connectivity index (χ0n) is 13.9. The van der Waals surface area contributed by atoms with Crippen LogP contribution in [0.5, 0.6) is 0 Å². The third-order valence-corrected chi connectivity index (χ3v) is 5.42. The van der Waals surface area contributed by atoms with E-state index in [1.165, 1.54) is 24.3 Å². The largest absolute Gasteiger partial charge is 0.378 e. The van der Waals surface area contributed by atoms with Crippen LogP contribution in [0.15, 0.2) is 24.3 Å². The molecular formula is C18H23FN2O3. The molecule has 2 aliphatic heterocycles. The van der Waals surface area contributed by atoms with Crippen molar-refractivity contribution in [2.45, 2.75) is 31.8 Å². The standard InChI is InChI=1S/C18H23FN2O3/c1-20-12-18(7-6-15(20)22)8-10-21(11-9-18)17(24)16(23)13-2-4-14(19)5-3-13/h2-5,16,23H,6-12H2,1H3/t16-/m0/s1. The van der Waals surface area contributed by atoms with Crippen molar-refractivity contribution in [3.63, 3.8) is 0 Å². The number of hydrogen-bond donors (Lipinski definition) is 1. The fourth-order valence-electron chi connectivity index (χ4n) is 3.80.